The van der Waals surface area contributed by atoms with Crippen LogP contribution in [0.1, 0.15) is 6.42 Å². The molecule has 3 rings (SSSR count). The number of aromatic nitrogens is 2. The van der Waals surface area contributed by atoms with E-state index in [0.29, 0.717) is 18.0 Å². The Kier molecular flexibility index (Phi) is 4.14. The molecule has 22 heavy (non-hydrogen) atoms. The Labute approximate surface area is 129 Å². The highest BCUT2D eigenvalue weighted by Gasteiger charge is 2.24. The summed E-state index contributed by atoms with van der Waals surface area (Å²) >= 11 is 0. The summed E-state index contributed by atoms with van der Waals surface area (Å²) < 4.78 is 34.2. The number of para-hydroxylation sites is 2. The quantitative estimate of drug-likeness (QED) is 0.838. The van der Waals surface area contributed by atoms with Crippen molar-refractivity contribution in [1.82, 2.24) is 19.8 Å². The Bertz CT molecular complexity index is 751. The lowest BCUT2D eigenvalue weighted by atomic mass is 10.3. The summed E-state index contributed by atoms with van der Waals surface area (Å²) in [5, 5.41) is 7.27. The summed E-state index contributed by atoms with van der Waals surface area (Å²) in [7, 11) is -2.00. The fraction of sp³-hybridized carbons (Fsp3) is 0.357. The molecule has 1 aromatic carbocycles. The summed E-state index contributed by atoms with van der Waals surface area (Å²) in [5.41, 5.74) is 0.689. The van der Waals surface area contributed by atoms with Gasteiger partial charge in [-0.1, -0.05) is 12.1 Å². The van der Waals surface area contributed by atoms with Crippen molar-refractivity contribution in [2.75, 3.05) is 20.2 Å². The molecule has 0 saturated carbocycles. The Balaban J connectivity index is 1.86. The second kappa shape index (κ2) is 6.07. The summed E-state index contributed by atoms with van der Waals surface area (Å²) in [6.45, 7) is 1.48. The predicted octanol–water partition coefficient (Wildman–Crippen LogP) is 0.521. The first-order chi connectivity index (χ1) is 10.6. The van der Waals surface area contributed by atoms with E-state index in [1.807, 2.05) is 18.2 Å². The molecule has 1 aliphatic heterocycles. The van der Waals surface area contributed by atoms with E-state index < -0.39 is 10.0 Å². The van der Waals surface area contributed by atoms with Crippen molar-refractivity contribution < 1.29 is 13.2 Å². The molecule has 7 nitrogen and oxygen atoms in total. The average molecular weight is 322 g/mol. The lowest BCUT2D eigenvalue weighted by Gasteiger charge is -2.10. The number of hydrogen-bond acceptors (Lipinski definition) is 5. The normalized spacial score (nSPS) is 18.5. The lowest BCUT2D eigenvalue weighted by Crippen LogP contribution is -2.36. The van der Waals surface area contributed by atoms with E-state index in [1.54, 1.807) is 13.2 Å². The number of ether oxygens (including phenoxy) is 1. The van der Waals surface area contributed by atoms with E-state index in [1.165, 1.54) is 17.1 Å². The lowest BCUT2D eigenvalue weighted by molar-refractivity contribution is 0.411. The Morgan fingerprint density at radius 1 is 1.41 bits per heavy atom. The van der Waals surface area contributed by atoms with Crippen LogP contribution in [-0.2, 0) is 10.0 Å². The highest BCUT2D eigenvalue weighted by atomic mass is 32.2. The van der Waals surface area contributed by atoms with Gasteiger partial charge in [-0.3, -0.25) is 0 Å². The van der Waals surface area contributed by atoms with Crippen LogP contribution in [0.2, 0.25) is 0 Å². The highest BCUT2D eigenvalue weighted by molar-refractivity contribution is 7.89. The van der Waals surface area contributed by atoms with Gasteiger partial charge in [-0.25, -0.2) is 17.8 Å². The summed E-state index contributed by atoms with van der Waals surface area (Å²) in [6, 6.07) is 7.23. The molecular weight excluding hydrogens is 304 g/mol. The van der Waals surface area contributed by atoms with Gasteiger partial charge in [0, 0.05) is 12.6 Å². The van der Waals surface area contributed by atoms with E-state index in [-0.39, 0.29) is 10.9 Å². The van der Waals surface area contributed by atoms with Crippen molar-refractivity contribution in [3.8, 4) is 11.4 Å². The first-order valence-corrected chi connectivity index (χ1v) is 8.49. The van der Waals surface area contributed by atoms with Crippen LogP contribution in [-0.4, -0.2) is 44.4 Å². The van der Waals surface area contributed by atoms with E-state index in [2.05, 4.69) is 15.1 Å². The number of nitrogens with one attached hydrogen (secondary N) is 2. The Morgan fingerprint density at radius 2 is 2.23 bits per heavy atom. The topological polar surface area (TPSA) is 85.2 Å². The minimum absolute atomic E-state index is 0.0698. The summed E-state index contributed by atoms with van der Waals surface area (Å²) in [4.78, 5) is 0.144. The predicted molar refractivity (Wildman–Crippen MR) is 81.7 cm³/mol. The summed E-state index contributed by atoms with van der Waals surface area (Å²) in [5.74, 6) is 0.627. The standard InChI is InChI=1S/C14H18N4O3S/c1-21-14-5-3-2-4-13(14)18-10-12(9-16-18)22(19,20)17-11-6-7-15-8-11/h2-5,9-11,15,17H,6-8H2,1H3. The molecule has 1 fully saturated rings. The average Bonchev–Trinajstić information content (AvgIpc) is 3.18. The van der Waals surface area contributed by atoms with Crippen molar-refractivity contribution >= 4 is 10.0 Å². The fourth-order valence-electron chi connectivity index (χ4n) is 2.44. The molecule has 2 N–H and O–H groups in total. The number of nitrogens with zero attached hydrogens (tertiary/aromatic N) is 2. The van der Waals surface area contributed by atoms with Gasteiger partial charge in [0.05, 0.1) is 19.5 Å². The third-order valence-corrected chi connectivity index (χ3v) is 5.06. The first kappa shape index (κ1) is 15.0. The summed E-state index contributed by atoms with van der Waals surface area (Å²) in [6.07, 6.45) is 3.62. The molecule has 0 aliphatic carbocycles. The van der Waals surface area contributed by atoms with Crippen molar-refractivity contribution in [3.63, 3.8) is 0 Å². The molecule has 1 saturated heterocycles. The number of methoxy groups -OCH3 is 1. The zero-order valence-corrected chi connectivity index (χ0v) is 13.0. The fourth-order valence-corrected chi connectivity index (χ4v) is 3.64. The number of rotatable bonds is 5. The van der Waals surface area contributed by atoms with E-state index in [9.17, 15) is 8.42 Å². The van der Waals surface area contributed by atoms with Crippen molar-refractivity contribution in [2.24, 2.45) is 0 Å². The maximum atomic E-state index is 12.4. The largest absolute Gasteiger partial charge is 0.494 e. The van der Waals surface area contributed by atoms with Gasteiger partial charge in [0.15, 0.2) is 0 Å². The highest BCUT2D eigenvalue weighted by Crippen LogP contribution is 2.22. The third kappa shape index (κ3) is 2.99. The maximum absolute atomic E-state index is 12.4. The second-order valence-electron chi connectivity index (χ2n) is 5.10. The maximum Gasteiger partial charge on any atom is 0.244 e. The van der Waals surface area contributed by atoms with Gasteiger partial charge in [-0.15, -0.1) is 0 Å². The number of hydrogen-bond donors (Lipinski definition) is 2. The SMILES string of the molecule is COc1ccccc1-n1cc(S(=O)(=O)NC2CCNC2)cn1. The van der Waals surface area contributed by atoms with Crippen LogP contribution in [0.25, 0.3) is 5.69 Å². The molecule has 2 heterocycles. The van der Waals surface area contributed by atoms with Gasteiger partial charge >= 0.3 is 0 Å². The van der Waals surface area contributed by atoms with Crippen LogP contribution in [0.5, 0.6) is 5.75 Å². The van der Waals surface area contributed by atoms with E-state index in [0.717, 1.165) is 13.0 Å². The van der Waals surface area contributed by atoms with Crippen molar-refractivity contribution in [3.05, 3.63) is 36.7 Å². The van der Waals surface area contributed by atoms with Crippen LogP contribution >= 0.6 is 0 Å². The van der Waals surface area contributed by atoms with Crippen molar-refractivity contribution in [2.45, 2.75) is 17.4 Å². The Morgan fingerprint density at radius 3 is 2.95 bits per heavy atom. The van der Waals surface area contributed by atoms with Crippen LogP contribution < -0.4 is 14.8 Å². The molecule has 8 heteroatoms. The van der Waals surface area contributed by atoms with Gasteiger partial charge in [-0.05, 0) is 25.1 Å². The molecule has 118 valence electrons. The van der Waals surface area contributed by atoms with E-state index >= 15 is 0 Å². The molecule has 1 unspecified atom stereocenters. The zero-order valence-electron chi connectivity index (χ0n) is 12.2. The van der Waals surface area contributed by atoms with E-state index in [4.69, 9.17) is 4.74 Å². The van der Waals surface area contributed by atoms with Gasteiger partial charge in [0.1, 0.15) is 16.3 Å². The molecule has 1 aromatic heterocycles. The van der Waals surface area contributed by atoms with Gasteiger partial charge in [0.2, 0.25) is 10.0 Å². The monoisotopic (exact) mass is 322 g/mol. The van der Waals surface area contributed by atoms with Crippen LogP contribution in [0, 0.1) is 0 Å². The number of benzene rings is 1. The van der Waals surface area contributed by atoms with Crippen molar-refractivity contribution in [1.29, 1.82) is 0 Å². The van der Waals surface area contributed by atoms with Gasteiger partial charge in [-0.2, -0.15) is 5.10 Å². The molecule has 0 amide bonds. The minimum Gasteiger partial charge on any atom is -0.494 e. The third-order valence-electron chi connectivity index (χ3n) is 3.58. The first-order valence-electron chi connectivity index (χ1n) is 7.01. The molecule has 0 spiro atoms. The molecule has 0 bridgehead atoms. The van der Waals surface area contributed by atoms with Crippen LogP contribution in [0.4, 0.5) is 0 Å². The van der Waals surface area contributed by atoms with Gasteiger partial charge in [0.25, 0.3) is 0 Å². The van der Waals surface area contributed by atoms with Gasteiger partial charge < -0.3 is 10.1 Å². The second-order valence-corrected chi connectivity index (χ2v) is 6.82. The molecular formula is C14H18N4O3S. The molecule has 1 aliphatic rings. The molecule has 2 aromatic rings. The Hall–Kier alpha value is -1.90. The van der Waals surface area contributed by atoms with Crippen LogP contribution in [0.15, 0.2) is 41.6 Å². The van der Waals surface area contributed by atoms with Crippen LogP contribution in [0.3, 0.4) is 0 Å². The number of sulfonamides is 1. The molecule has 0 radical (unpaired) electrons. The minimum atomic E-state index is -3.56. The molecule has 1 atom stereocenters. The zero-order chi connectivity index (χ0) is 15.6. The smallest absolute Gasteiger partial charge is 0.244 e.